The third-order valence-corrected chi connectivity index (χ3v) is 5.07. The summed E-state index contributed by atoms with van der Waals surface area (Å²) in [5.41, 5.74) is 2.44. The molecule has 0 atom stereocenters. The van der Waals surface area contributed by atoms with Gasteiger partial charge in [0.2, 0.25) is 0 Å². The summed E-state index contributed by atoms with van der Waals surface area (Å²) in [7, 11) is 5.26. The predicted octanol–water partition coefficient (Wildman–Crippen LogP) is 2.64. The summed E-state index contributed by atoms with van der Waals surface area (Å²) in [5, 5.41) is 3.49. The third-order valence-electron chi connectivity index (χ3n) is 5.07. The second kappa shape index (κ2) is 9.88. The maximum absolute atomic E-state index is 5.50. The second-order valence-corrected chi connectivity index (χ2v) is 6.72. The fourth-order valence-corrected chi connectivity index (χ4v) is 3.49. The Balaban J connectivity index is 1.49. The molecule has 0 unspecified atom stereocenters. The number of nitrogens with zero attached hydrogens (tertiary/aromatic N) is 3. The van der Waals surface area contributed by atoms with Gasteiger partial charge in [-0.05, 0) is 36.2 Å². The van der Waals surface area contributed by atoms with E-state index in [2.05, 4.69) is 44.4 Å². The molecule has 0 aromatic heterocycles. The van der Waals surface area contributed by atoms with E-state index in [1.807, 2.05) is 31.3 Å². The molecule has 1 heterocycles. The molecule has 2 aromatic carbocycles. The van der Waals surface area contributed by atoms with Crippen molar-refractivity contribution < 1.29 is 9.47 Å². The summed E-state index contributed by atoms with van der Waals surface area (Å²) in [4.78, 5) is 9.16. The number of guanidine groups is 1. The third kappa shape index (κ3) is 4.88. The second-order valence-electron chi connectivity index (χ2n) is 6.72. The molecule has 0 aliphatic carbocycles. The first-order valence-electron chi connectivity index (χ1n) is 9.71. The molecule has 0 amide bonds. The van der Waals surface area contributed by atoms with Gasteiger partial charge in [0, 0.05) is 39.8 Å². The van der Waals surface area contributed by atoms with Gasteiger partial charge in [-0.2, -0.15) is 0 Å². The van der Waals surface area contributed by atoms with Crippen LogP contribution in [-0.2, 0) is 6.42 Å². The summed E-state index contributed by atoms with van der Waals surface area (Å²) < 4.78 is 10.7. The van der Waals surface area contributed by atoms with Gasteiger partial charge in [0.15, 0.2) is 5.96 Å². The van der Waals surface area contributed by atoms with Crippen molar-refractivity contribution in [1.29, 1.82) is 0 Å². The number of hydrogen-bond donors (Lipinski definition) is 1. The highest BCUT2D eigenvalue weighted by Crippen LogP contribution is 2.28. The zero-order chi connectivity index (χ0) is 19.8. The smallest absolute Gasteiger partial charge is 0.193 e. The van der Waals surface area contributed by atoms with Gasteiger partial charge in [-0.1, -0.05) is 24.3 Å². The van der Waals surface area contributed by atoms with E-state index >= 15 is 0 Å². The molecule has 6 heteroatoms. The standard InChI is InChI=1S/C22H30N4O2/c1-23-22(24-13-12-18-8-10-19(27-2)11-9-18)26-16-14-25(15-17-26)20-6-4-5-7-21(20)28-3/h4-11H,12-17H2,1-3H3,(H,23,24). The maximum Gasteiger partial charge on any atom is 0.193 e. The van der Waals surface area contributed by atoms with Crippen molar-refractivity contribution in [3.8, 4) is 11.5 Å². The number of rotatable bonds is 6. The quantitative estimate of drug-likeness (QED) is 0.615. The van der Waals surface area contributed by atoms with Crippen LogP contribution in [-0.4, -0.2) is 64.9 Å². The number of benzene rings is 2. The molecule has 0 radical (unpaired) electrons. The van der Waals surface area contributed by atoms with Crippen molar-refractivity contribution in [2.75, 3.05) is 58.9 Å². The van der Waals surface area contributed by atoms with Crippen molar-refractivity contribution >= 4 is 11.6 Å². The number of nitrogens with one attached hydrogen (secondary N) is 1. The number of piperazine rings is 1. The van der Waals surface area contributed by atoms with Gasteiger partial charge in [-0.15, -0.1) is 0 Å². The van der Waals surface area contributed by atoms with Crippen molar-refractivity contribution in [3.05, 3.63) is 54.1 Å². The van der Waals surface area contributed by atoms with Gasteiger partial charge in [-0.25, -0.2) is 0 Å². The minimum Gasteiger partial charge on any atom is -0.497 e. The number of para-hydroxylation sites is 2. The minimum atomic E-state index is 0.853. The normalized spacial score (nSPS) is 14.8. The van der Waals surface area contributed by atoms with Crippen LogP contribution in [0.3, 0.4) is 0 Å². The van der Waals surface area contributed by atoms with Crippen molar-refractivity contribution in [3.63, 3.8) is 0 Å². The molecule has 1 fully saturated rings. The number of anilines is 1. The average molecular weight is 383 g/mol. The van der Waals surface area contributed by atoms with Crippen molar-refractivity contribution in [2.45, 2.75) is 6.42 Å². The Labute approximate surface area is 167 Å². The van der Waals surface area contributed by atoms with Crippen LogP contribution in [0.15, 0.2) is 53.5 Å². The predicted molar refractivity (Wildman–Crippen MR) is 115 cm³/mol. The molecule has 1 N–H and O–H groups in total. The maximum atomic E-state index is 5.50. The highest BCUT2D eigenvalue weighted by atomic mass is 16.5. The Morgan fingerprint density at radius 1 is 0.964 bits per heavy atom. The molecule has 1 aliphatic rings. The van der Waals surface area contributed by atoms with Crippen LogP contribution in [0.4, 0.5) is 5.69 Å². The van der Waals surface area contributed by atoms with E-state index in [0.29, 0.717) is 0 Å². The topological polar surface area (TPSA) is 49.3 Å². The lowest BCUT2D eigenvalue weighted by Crippen LogP contribution is -2.52. The first kappa shape index (κ1) is 19.9. The monoisotopic (exact) mass is 382 g/mol. The summed E-state index contributed by atoms with van der Waals surface area (Å²) in [5.74, 6) is 2.78. The lowest BCUT2D eigenvalue weighted by atomic mass is 10.1. The van der Waals surface area contributed by atoms with Gasteiger partial charge in [0.1, 0.15) is 11.5 Å². The molecule has 150 valence electrons. The van der Waals surface area contributed by atoms with Gasteiger partial charge < -0.3 is 24.6 Å². The molecule has 0 bridgehead atoms. The summed E-state index contributed by atoms with van der Waals surface area (Å²) in [6, 6.07) is 16.4. The number of hydrogen-bond acceptors (Lipinski definition) is 4. The van der Waals surface area contributed by atoms with Crippen molar-refractivity contribution in [1.82, 2.24) is 10.2 Å². The fourth-order valence-electron chi connectivity index (χ4n) is 3.49. The van der Waals surface area contributed by atoms with E-state index in [1.165, 1.54) is 5.56 Å². The molecule has 0 saturated carbocycles. The van der Waals surface area contributed by atoms with Gasteiger partial charge >= 0.3 is 0 Å². The fraction of sp³-hybridized carbons (Fsp3) is 0.409. The SMILES string of the molecule is CN=C(NCCc1ccc(OC)cc1)N1CCN(c2ccccc2OC)CC1. The summed E-state index contributed by atoms with van der Waals surface area (Å²) in [6.45, 7) is 4.60. The van der Waals surface area contributed by atoms with E-state index in [9.17, 15) is 0 Å². The van der Waals surface area contributed by atoms with E-state index in [4.69, 9.17) is 9.47 Å². The van der Waals surface area contributed by atoms with E-state index < -0.39 is 0 Å². The minimum absolute atomic E-state index is 0.853. The van der Waals surface area contributed by atoms with Crippen LogP contribution in [0.5, 0.6) is 11.5 Å². The summed E-state index contributed by atoms with van der Waals surface area (Å²) >= 11 is 0. The highest BCUT2D eigenvalue weighted by Gasteiger charge is 2.21. The van der Waals surface area contributed by atoms with Crippen LogP contribution >= 0.6 is 0 Å². The first-order valence-corrected chi connectivity index (χ1v) is 9.71. The van der Waals surface area contributed by atoms with E-state index in [-0.39, 0.29) is 0 Å². The van der Waals surface area contributed by atoms with Gasteiger partial charge in [0.25, 0.3) is 0 Å². The van der Waals surface area contributed by atoms with E-state index in [1.54, 1.807) is 14.2 Å². The first-order chi connectivity index (χ1) is 13.7. The van der Waals surface area contributed by atoms with Crippen LogP contribution in [0.25, 0.3) is 0 Å². The number of methoxy groups -OCH3 is 2. The molecule has 6 nitrogen and oxygen atoms in total. The lowest BCUT2D eigenvalue weighted by molar-refractivity contribution is 0.367. The average Bonchev–Trinajstić information content (AvgIpc) is 2.77. The van der Waals surface area contributed by atoms with Gasteiger partial charge in [0.05, 0.1) is 19.9 Å². The van der Waals surface area contributed by atoms with Crippen LogP contribution in [0, 0.1) is 0 Å². The molecule has 3 rings (SSSR count). The van der Waals surface area contributed by atoms with Crippen molar-refractivity contribution in [2.24, 2.45) is 4.99 Å². The number of ether oxygens (including phenoxy) is 2. The number of aliphatic imine (C=N–C) groups is 1. The Morgan fingerprint density at radius 2 is 1.68 bits per heavy atom. The molecule has 1 saturated heterocycles. The van der Waals surface area contributed by atoms with Crippen LogP contribution in [0.1, 0.15) is 5.56 Å². The van der Waals surface area contributed by atoms with E-state index in [0.717, 1.165) is 62.3 Å². The highest BCUT2D eigenvalue weighted by molar-refractivity contribution is 5.80. The molecule has 0 spiro atoms. The largest absolute Gasteiger partial charge is 0.497 e. The molecule has 2 aromatic rings. The molecular weight excluding hydrogens is 352 g/mol. The Hall–Kier alpha value is -2.89. The zero-order valence-electron chi connectivity index (χ0n) is 17.0. The Morgan fingerprint density at radius 3 is 2.32 bits per heavy atom. The van der Waals surface area contributed by atoms with Gasteiger partial charge in [-0.3, -0.25) is 4.99 Å². The zero-order valence-corrected chi connectivity index (χ0v) is 17.0. The summed E-state index contributed by atoms with van der Waals surface area (Å²) in [6.07, 6.45) is 0.949. The Kier molecular flexibility index (Phi) is 7.00. The Bertz CT molecular complexity index is 768. The van der Waals surface area contributed by atoms with Crippen LogP contribution < -0.4 is 19.7 Å². The van der Waals surface area contributed by atoms with Crippen LogP contribution in [0.2, 0.25) is 0 Å². The lowest BCUT2D eigenvalue weighted by Gasteiger charge is -2.38. The molecule has 28 heavy (non-hydrogen) atoms. The molecule has 1 aliphatic heterocycles. The molecular formula is C22H30N4O2.